The van der Waals surface area contributed by atoms with E-state index < -0.39 is 6.04 Å². The van der Waals surface area contributed by atoms with E-state index in [-0.39, 0.29) is 5.91 Å². The SMILES string of the molecule is CCn1ncc2ccc(NC(=O)[C@@H](N)CCSC)cc21. The summed E-state index contributed by atoms with van der Waals surface area (Å²) in [7, 11) is 0. The molecule has 0 spiro atoms. The summed E-state index contributed by atoms with van der Waals surface area (Å²) in [5.41, 5.74) is 7.63. The van der Waals surface area contributed by atoms with Gasteiger partial charge in [0.15, 0.2) is 0 Å². The van der Waals surface area contributed by atoms with Gasteiger partial charge in [0.1, 0.15) is 0 Å². The van der Waals surface area contributed by atoms with Gasteiger partial charge in [-0.15, -0.1) is 0 Å². The number of rotatable bonds is 6. The quantitative estimate of drug-likeness (QED) is 0.855. The van der Waals surface area contributed by atoms with E-state index in [0.717, 1.165) is 28.9 Å². The van der Waals surface area contributed by atoms with E-state index in [1.165, 1.54) is 0 Å². The number of carbonyl (C=O) groups is 1. The van der Waals surface area contributed by atoms with Gasteiger partial charge in [-0.05, 0) is 43.6 Å². The van der Waals surface area contributed by atoms with Crippen molar-refractivity contribution < 1.29 is 4.79 Å². The highest BCUT2D eigenvalue weighted by Crippen LogP contribution is 2.19. The van der Waals surface area contributed by atoms with Gasteiger partial charge >= 0.3 is 0 Å². The van der Waals surface area contributed by atoms with E-state index in [2.05, 4.69) is 10.4 Å². The monoisotopic (exact) mass is 292 g/mol. The van der Waals surface area contributed by atoms with Crippen molar-refractivity contribution in [3.8, 4) is 0 Å². The number of hydrogen-bond donors (Lipinski definition) is 2. The number of nitrogens with zero attached hydrogens (tertiary/aromatic N) is 2. The Hall–Kier alpha value is -1.53. The van der Waals surface area contributed by atoms with Gasteiger partial charge in [0.05, 0.1) is 17.8 Å². The summed E-state index contributed by atoms with van der Waals surface area (Å²) in [5, 5.41) is 8.22. The standard InChI is InChI=1S/C14H20N4OS/c1-3-18-13-8-11(5-4-10(13)9-16-18)17-14(19)12(15)6-7-20-2/h4-5,8-9,12H,3,6-7,15H2,1-2H3,(H,17,19)/t12-/m0/s1. The van der Waals surface area contributed by atoms with E-state index in [1.54, 1.807) is 11.8 Å². The van der Waals surface area contributed by atoms with Crippen molar-refractivity contribution in [3.05, 3.63) is 24.4 Å². The van der Waals surface area contributed by atoms with Crippen LogP contribution in [-0.2, 0) is 11.3 Å². The number of aryl methyl sites for hydroxylation is 1. The Kier molecular flexibility index (Phi) is 5.03. The van der Waals surface area contributed by atoms with Gasteiger partial charge < -0.3 is 11.1 Å². The second kappa shape index (κ2) is 6.76. The molecule has 1 aromatic carbocycles. The second-order valence-corrected chi connectivity index (χ2v) is 5.60. The molecule has 1 atom stereocenters. The van der Waals surface area contributed by atoms with E-state index in [0.29, 0.717) is 6.42 Å². The molecule has 1 heterocycles. The lowest BCUT2D eigenvalue weighted by molar-refractivity contribution is -0.117. The fourth-order valence-corrected chi connectivity index (χ4v) is 2.50. The molecule has 2 rings (SSSR count). The van der Waals surface area contributed by atoms with E-state index in [1.807, 2.05) is 42.3 Å². The van der Waals surface area contributed by atoms with Crippen LogP contribution in [0.2, 0.25) is 0 Å². The number of carbonyl (C=O) groups excluding carboxylic acids is 1. The summed E-state index contributed by atoms with van der Waals surface area (Å²) in [6, 6.07) is 5.31. The highest BCUT2D eigenvalue weighted by atomic mass is 32.2. The molecule has 20 heavy (non-hydrogen) atoms. The van der Waals surface area contributed by atoms with Gasteiger partial charge in [-0.2, -0.15) is 16.9 Å². The summed E-state index contributed by atoms with van der Waals surface area (Å²) in [6.07, 6.45) is 4.52. The van der Waals surface area contributed by atoms with Crippen molar-refractivity contribution in [1.29, 1.82) is 0 Å². The Balaban J connectivity index is 2.11. The van der Waals surface area contributed by atoms with Gasteiger partial charge in [-0.3, -0.25) is 9.48 Å². The fourth-order valence-electron chi connectivity index (χ4n) is 2.01. The molecular formula is C14H20N4OS. The van der Waals surface area contributed by atoms with Crippen LogP contribution in [0.25, 0.3) is 10.9 Å². The Labute approximate surface area is 122 Å². The lowest BCUT2D eigenvalue weighted by Crippen LogP contribution is -2.36. The highest BCUT2D eigenvalue weighted by Gasteiger charge is 2.13. The summed E-state index contributed by atoms with van der Waals surface area (Å²) in [4.78, 5) is 12.0. The van der Waals surface area contributed by atoms with Crippen molar-refractivity contribution in [3.63, 3.8) is 0 Å². The predicted molar refractivity (Wildman–Crippen MR) is 85.0 cm³/mol. The smallest absolute Gasteiger partial charge is 0.241 e. The number of thioether (sulfide) groups is 1. The van der Waals surface area contributed by atoms with Crippen molar-refractivity contribution in [2.75, 3.05) is 17.3 Å². The van der Waals surface area contributed by atoms with Crippen LogP contribution >= 0.6 is 11.8 Å². The summed E-state index contributed by atoms with van der Waals surface area (Å²) < 4.78 is 1.90. The van der Waals surface area contributed by atoms with Crippen LogP contribution < -0.4 is 11.1 Å². The van der Waals surface area contributed by atoms with Gasteiger partial charge in [-0.25, -0.2) is 0 Å². The van der Waals surface area contributed by atoms with Crippen LogP contribution in [0.3, 0.4) is 0 Å². The fraction of sp³-hybridized carbons (Fsp3) is 0.429. The summed E-state index contributed by atoms with van der Waals surface area (Å²) in [6.45, 7) is 2.84. The molecule has 0 saturated heterocycles. The Bertz CT molecular complexity index is 596. The maximum Gasteiger partial charge on any atom is 0.241 e. The molecule has 3 N–H and O–H groups in total. The minimum absolute atomic E-state index is 0.138. The normalized spacial score (nSPS) is 12.6. The number of nitrogens with two attached hydrogens (primary N) is 1. The van der Waals surface area contributed by atoms with Crippen LogP contribution in [0.1, 0.15) is 13.3 Å². The van der Waals surface area contributed by atoms with Crippen molar-refractivity contribution >= 4 is 34.3 Å². The van der Waals surface area contributed by atoms with Crippen LogP contribution in [0, 0.1) is 0 Å². The number of aromatic nitrogens is 2. The third-order valence-corrected chi connectivity index (χ3v) is 3.83. The Morgan fingerprint density at radius 2 is 2.35 bits per heavy atom. The minimum atomic E-state index is -0.464. The molecular weight excluding hydrogens is 272 g/mol. The van der Waals surface area contributed by atoms with Crippen molar-refractivity contribution in [2.45, 2.75) is 25.9 Å². The first-order valence-electron chi connectivity index (χ1n) is 6.66. The topological polar surface area (TPSA) is 72.9 Å². The zero-order valence-electron chi connectivity index (χ0n) is 11.8. The van der Waals surface area contributed by atoms with Crippen LogP contribution in [0.5, 0.6) is 0 Å². The van der Waals surface area contributed by atoms with Gasteiger partial charge in [0, 0.05) is 17.6 Å². The van der Waals surface area contributed by atoms with Crippen molar-refractivity contribution in [1.82, 2.24) is 9.78 Å². The molecule has 108 valence electrons. The highest BCUT2D eigenvalue weighted by molar-refractivity contribution is 7.98. The first kappa shape index (κ1) is 14.9. The summed E-state index contributed by atoms with van der Waals surface area (Å²) >= 11 is 1.69. The van der Waals surface area contributed by atoms with Gasteiger partial charge in [-0.1, -0.05) is 0 Å². The molecule has 0 saturated carbocycles. The number of nitrogens with one attached hydrogen (secondary N) is 1. The summed E-state index contributed by atoms with van der Waals surface area (Å²) in [5.74, 6) is 0.747. The number of fused-ring (bicyclic) bond motifs is 1. The molecule has 1 amide bonds. The average Bonchev–Trinajstić information content (AvgIpc) is 2.86. The maximum absolute atomic E-state index is 12.0. The minimum Gasteiger partial charge on any atom is -0.325 e. The number of anilines is 1. The van der Waals surface area contributed by atoms with Crippen LogP contribution in [-0.4, -0.2) is 33.7 Å². The number of amides is 1. The van der Waals surface area contributed by atoms with Gasteiger partial charge in [0.25, 0.3) is 0 Å². The van der Waals surface area contributed by atoms with E-state index in [9.17, 15) is 4.79 Å². The van der Waals surface area contributed by atoms with Crippen LogP contribution in [0.15, 0.2) is 24.4 Å². The van der Waals surface area contributed by atoms with Crippen molar-refractivity contribution in [2.24, 2.45) is 5.73 Å². The first-order chi connectivity index (χ1) is 9.65. The predicted octanol–water partition coefficient (Wildman–Crippen LogP) is 2.08. The molecule has 0 radical (unpaired) electrons. The Morgan fingerprint density at radius 1 is 1.55 bits per heavy atom. The number of benzene rings is 1. The van der Waals surface area contributed by atoms with Crippen LogP contribution in [0.4, 0.5) is 5.69 Å². The zero-order valence-corrected chi connectivity index (χ0v) is 12.6. The average molecular weight is 292 g/mol. The molecule has 0 bridgehead atoms. The third-order valence-electron chi connectivity index (χ3n) is 3.18. The van der Waals surface area contributed by atoms with E-state index in [4.69, 9.17) is 5.73 Å². The molecule has 0 aliphatic heterocycles. The molecule has 0 unspecified atom stereocenters. The molecule has 0 aliphatic carbocycles. The molecule has 2 aromatic rings. The third kappa shape index (κ3) is 3.32. The molecule has 0 fully saturated rings. The first-order valence-corrected chi connectivity index (χ1v) is 8.06. The molecule has 6 heteroatoms. The molecule has 0 aliphatic rings. The largest absolute Gasteiger partial charge is 0.325 e. The lowest BCUT2D eigenvalue weighted by atomic mass is 10.2. The van der Waals surface area contributed by atoms with E-state index >= 15 is 0 Å². The number of hydrogen-bond acceptors (Lipinski definition) is 4. The lowest BCUT2D eigenvalue weighted by Gasteiger charge is -2.12. The van der Waals surface area contributed by atoms with Gasteiger partial charge in [0.2, 0.25) is 5.91 Å². The maximum atomic E-state index is 12.0. The second-order valence-electron chi connectivity index (χ2n) is 4.61. The Morgan fingerprint density at radius 3 is 3.05 bits per heavy atom. The molecule has 1 aromatic heterocycles. The molecule has 5 nitrogen and oxygen atoms in total. The zero-order chi connectivity index (χ0) is 14.5.